The van der Waals surface area contributed by atoms with Crippen LogP contribution in [0.15, 0.2) is 42.5 Å². The lowest BCUT2D eigenvalue weighted by atomic mass is 10.1. The van der Waals surface area contributed by atoms with E-state index in [1.807, 2.05) is 12.1 Å². The highest BCUT2D eigenvalue weighted by Crippen LogP contribution is 2.18. The van der Waals surface area contributed by atoms with Crippen molar-refractivity contribution in [1.29, 1.82) is 0 Å². The van der Waals surface area contributed by atoms with Gasteiger partial charge in [0.15, 0.2) is 0 Å². The first-order valence-corrected chi connectivity index (χ1v) is 8.82. The SMILES string of the molecule is Cc1cc(C)cc(NCCNc2cccc(OCCC(C)C)c2)c1. The fourth-order valence-corrected chi connectivity index (χ4v) is 2.60. The fraction of sp³-hybridized carbons (Fsp3) is 0.429. The zero-order chi connectivity index (χ0) is 17.4. The van der Waals surface area contributed by atoms with E-state index < -0.39 is 0 Å². The van der Waals surface area contributed by atoms with Gasteiger partial charge in [-0.1, -0.05) is 26.0 Å². The van der Waals surface area contributed by atoms with E-state index in [1.54, 1.807) is 0 Å². The fourth-order valence-electron chi connectivity index (χ4n) is 2.60. The summed E-state index contributed by atoms with van der Waals surface area (Å²) in [5.74, 6) is 1.60. The van der Waals surface area contributed by atoms with Crippen LogP contribution in [0.5, 0.6) is 5.75 Å². The molecule has 0 amide bonds. The molecule has 2 N–H and O–H groups in total. The summed E-state index contributed by atoms with van der Waals surface area (Å²) in [4.78, 5) is 0. The van der Waals surface area contributed by atoms with Crippen molar-refractivity contribution in [2.24, 2.45) is 5.92 Å². The van der Waals surface area contributed by atoms with Gasteiger partial charge in [-0.15, -0.1) is 0 Å². The minimum absolute atomic E-state index is 0.669. The Labute approximate surface area is 146 Å². The summed E-state index contributed by atoms with van der Waals surface area (Å²) in [6.07, 6.45) is 1.08. The molecule has 0 fully saturated rings. The van der Waals surface area contributed by atoms with Crippen LogP contribution >= 0.6 is 0 Å². The van der Waals surface area contributed by atoms with Gasteiger partial charge in [-0.25, -0.2) is 0 Å². The molecule has 3 heteroatoms. The van der Waals surface area contributed by atoms with Crippen molar-refractivity contribution >= 4 is 11.4 Å². The maximum absolute atomic E-state index is 5.80. The minimum Gasteiger partial charge on any atom is -0.494 e. The monoisotopic (exact) mass is 326 g/mol. The largest absolute Gasteiger partial charge is 0.494 e. The maximum Gasteiger partial charge on any atom is 0.121 e. The summed E-state index contributed by atoms with van der Waals surface area (Å²) in [5, 5.41) is 6.91. The van der Waals surface area contributed by atoms with Crippen molar-refractivity contribution in [2.45, 2.75) is 34.1 Å². The third-order valence-corrected chi connectivity index (χ3v) is 3.80. The van der Waals surface area contributed by atoms with Crippen LogP contribution in [0.1, 0.15) is 31.4 Å². The normalized spacial score (nSPS) is 10.7. The lowest BCUT2D eigenvalue weighted by molar-refractivity contribution is 0.289. The standard InChI is InChI=1S/C21H30N2O/c1-16(2)8-11-24-21-7-5-6-19(15-21)22-9-10-23-20-13-17(3)12-18(4)14-20/h5-7,12-16,22-23H,8-11H2,1-4H3. The molecule has 0 saturated carbocycles. The van der Waals surface area contributed by atoms with Crippen LogP contribution in [0.25, 0.3) is 0 Å². The zero-order valence-electron chi connectivity index (χ0n) is 15.4. The number of hydrogen-bond donors (Lipinski definition) is 2. The molecule has 0 heterocycles. The number of hydrogen-bond acceptors (Lipinski definition) is 3. The third-order valence-electron chi connectivity index (χ3n) is 3.80. The van der Waals surface area contributed by atoms with Crippen molar-refractivity contribution in [3.63, 3.8) is 0 Å². The van der Waals surface area contributed by atoms with Crippen LogP contribution in [0.3, 0.4) is 0 Å². The Kier molecular flexibility index (Phi) is 6.98. The molecule has 0 aliphatic carbocycles. The van der Waals surface area contributed by atoms with Gasteiger partial charge in [-0.3, -0.25) is 0 Å². The Bertz CT molecular complexity index is 617. The van der Waals surface area contributed by atoms with E-state index in [0.29, 0.717) is 5.92 Å². The molecule has 2 rings (SSSR count). The van der Waals surface area contributed by atoms with E-state index in [4.69, 9.17) is 4.74 Å². The van der Waals surface area contributed by atoms with Crippen molar-refractivity contribution < 1.29 is 4.74 Å². The van der Waals surface area contributed by atoms with Crippen molar-refractivity contribution in [1.82, 2.24) is 0 Å². The maximum atomic E-state index is 5.80. The summed E-state index contributed by atoms with van der Waals surface area (Å²) >= 11 is 0. The first-order chi connectivity index (χ1) is 11.5. The van der Waals surface area contributed by atoms with E-state index in [2.05, 4.69) is 68.7 Å². The number of anilines is 2. The van der Waals surface area contributed by atoms with Gasteiger partial charge in [0.1, 0.15) is 5.75 Å². The molecule has 0 aliphatic heterocycles. The molecule has 2 aromatic rings. The molecule has 3 nitrogen and oxygen atoms in total. The second-order valence-corrected chi connectivity index (χ2v) is 6.79. The topological polar surface area (TPSA) is 33.3 Å². The van der Waals surface area contributed by atoms with Gasteiger partial charge in [0.2, 0.25) is 0 Å². The lowest BCUT2D eigenvalue weighted by Crippen LogP contribution is -2.13. The summed E-state index contributed by atoms with van der Waals surface area (Å²) < 4.78 is 5.80. The predicted octanol–water partition coefficient (Wildman–Crippen LogP) is 5.25. The zero-order valence-corrected chi connectivity index (χ0v) is 15.4. The Balaban J connectivity index is 1.75. The predicted molar refractivity (Wildman–Crippen MR) is 104 cm³/mol. The van der Waals surface area contributed by atoms with Gasteiger partial charge in [0.25, 0.3) is 0 Å². The summed E-state index contributed by atoms with van der Waals surface area (Å²) in [5.41, 5.74) is 4.85. The Morgan fingerprint density at radius 1 is 0.875 bits per heavy atom. The lowest BCUT2D eigenvalue weighted by Gasteiger charge is -2.12. The molecule has 0 aliphatic rings. The van der Waals surface area contributed by atoms with Crippen molar-refractivity contribution in [2.75, 3.05) is 30.3 Å². The van der Waals surface area contributed by atoms with Crippen molar-refractivity contribution in [3.05, 3.63) is 53.6 Å². The van der Waals surface area contributed by atoms with E-state index in [9.17, 15) is 0 Å². The molecule has 0 spiro atoms. The molecule has 0 aromatic heterocycles. The highest BCUT2D eigenvalue weighted by molar-refractivity contribution is 5.50. The number of ether oxygens (including phenoxy) is 1. The first kappa shape index (κ1) is 18.2. The second-order valence-electron chi connectivity index (χ2n) is 6.79. The Morgan fingerprint density at radius 2 is 1.54 bits per heavy atom. The van der Waals surface area contributed by atoms with Gasteiger partial charge in [0.05, 0.1) is 6.61 Å². The summed E-state index contributed by atoms with van der Waals surface area (Å²) in [6, 6.07) is 14.7. The summed E-state index contributed by atoms with van der Waals surface area (Å²) in [6.45, 7) is 11.2. The van der Waals surface area contributed by atoms with E-state index in [-0.39, 0.29) is 0 Å². The van der Waals surface area contributed by atoms with Crippen LogP contribution in [-0.2, 0) is 0 Å². The van der Waals surface area contributed by atoms with Crippen LogP contribution < -0.4 is 15.4 Å². The molecule has 2 aromatic carbocycles. The van der Waals surface area contributed by atoms with Gasteiger partial charge in [0, 0.05) is 30.5 Å². The minimum atomic E-state index is 0.669. The Hall–Kier alpha value is -2.16. The van der Waals surface area contributed by atoms with E-state index in [0.717, 1.165) is 37.6 Å². The smallest absolute Gasteiger partial charge is 0.121 e. The quantitative estimate of drug-likeness (QED) is 0.617. The molecule has 0 unspecified atom stereocenters. The average Bonchev–Trinajstić information content (AvgIpc) is 2.51. The molecular formula is C21H30N2O. The number of benzene rings is 2. The van der Waals surface area contributed by atoms with Gasteiger partial charge in [-0.2, -0.15) is 0 Å². The molecular weight excluding hydrogens is 296 g/mol. The second kappa shape index (κ2) is 9.21. The third kappa shape index (κ3) is 6.53. The van der Waals surface area contributed by atoms with Crippen molar-refractivity contribution in [3.8, 4) is 5.75 Å². The van der Waals surface area contributed by atoms with Crippen LogP contribution in [0.2, 0.25) is 0 Å². The Morgan fingerprint density at radius 3 is 2.21 bits per heavy atom. The number of rotatable bonds is 9. The van der Waals surface area contributed by atoms with Crippen LogP contribution in [0, 0.1) is 19.8 Å². The molecule has 24 heavy (non-hydrogen) atoms. The molecule has 130 valence electrons. The van der Waals surface area contributed by atoms with Gasteiger partial charge < -0.3 is 15.4 Å². The molecule has 0 atom stereocenters. The average molecular weight is 326 g/mol. The van der Waals surface area contributed by atoms with Gasteiger partial charge in [-0.05, 0) is 61.6 Å². The highest BCUT2D eigenvalue weighted by Gasteiger charge is 1.99. The van der Waals surface area contributed by atoms with E-state index >= 15 is 0 Å². The number of aryl methyl sites for hydroxylation is 2. The molecule has 0 saturated heterocycles. The van der Waals surface area contributed by atoms with E-state index in [1.165, 1.54) is 16.8 Å². The van der Waals surface area contributed by atoms with Crippen LogP contribution in [0.4, 0.5) is 11.4 Å². The first-order valence-electron chi connectivity index (χ1n) is 8.82. The molecule has 0 radical (unpaired) electrons. The summed E-state index contributed by atoms with van der Waals surface area (Å²) in [7, 11) is 0. The van der Waals surface area contributed by atoms with Gasteiger partial charge >= 0.3 is 0 Å². The highest BCUT2D eigenvalue weighted by atomic mass is 16.5. The van der Waals surface area contributed by atoms with Crippen LogP contribution in [-0.4, -0.2) is 19.7 Å². The molecule has 0 bridgehead atoms. The number of nitrogens with one attached hydrogen (secondary N) is 2.